The molecule has 0 radical (unpaired) electrons. The number of benzene rings is 1. The van der Waals surface area contributed by atoms with E-state index in [0.717, 1.165) is 24.0 Å². The second kappa shape index (κ2) is 5.53. The van der Waals surface area contributed by atoms with E-state index >= 15 is 0 Å². The maximum absolute atomic E-state index is 12.3. The van der Waals surface area contributed by atoms with Crippen LogP contribution in [0, 0.1) is 6.92 Å². The Labute approximate surface area is 112 Å². The van der Waals surface area contributed by atoms with Crippen LogP contribution in [0.1, 0.15) is 30.4 Å². The van der Waals surface area contributed by atoms with E-state index in [-0.39, 0.29) is 18.9 Å². The maximum Gasteiger partial charge on any atom is 0.231 e. The summed E-state index contributed by atoms with van der Waals surface area (Å²) in [6, 6.07) is 7.34. The van der Waals surface area contributed by atoms with Gasteiger partial charge in [-0.2, -0.15) is 0 Å². The van der Waals surface area contributed by atoms with Crippen LogP contribution in [-0.2, 0) is 15.0 Å². The molecule has 0 spiro atoms. The summed E-state index contributed by atoms with van der Waals surface area (Å²) < 4.78 is 0. The highest BCUT2D eigenvalue weighted by molar-refractivity contribution is 5.92. The smallest absolute Gasteiger partial charge is 0.231 e. The van der Waals surface area contributed by atoms with Gasteiger partial charge in [0.1, 0.15) is 6.29 Å². The van der Waals surface area contributed by atoms with Crippen LogP contribution in [0.5, 0.6) is 0 Å². The Morgan fingerprint density at radius 3 is 2.53 bits per heavy atom. The van der Waals surface area contributed by atoms with Gasteiger partial charge in [-0.15, -0.1) is 0 Å². The first-order valence-electron chi connectivity index (χ1n) is 6.56. The minimum Gasteiger partial charge on any atom is -0.396 e. The number of hydrogen-bond acceptors (Lipinski definition) is 3. The van der Waals surface area contributed by atoms with Gasteiger partial charge in [-0.25, -0.2) is 0 Å². The number of carbonyl (C=O) groups excluding carboxylic acids is 2. The predicted molar refractivity (Wildman–Crippen MR) is 71.8 cm³/mol. The average molecular weight is 261 g/mol. The Balaban J connectivity index is 2.09. The van der Waals surface area contributed by atoms with Gasteiger partial charge in [0.05, 0.1) is 11.5 Å². The Kier molecular flexibility index (Phi) is 4.00. The summed E-state index contributed by atoms with van der Waals surface area (Å²) in [6.07, 6.45) is 2.57. The van der Waals surface area contributed by atoms with Crippen molar-refractivity contribution in [2.24, 2.45) is 0 Å². The third-order valence-electron chi connectivity index (χ3n) is 3.71. The topological polar surface area (TPSA) is 66.4 Å². The number of rotatable bonds is 6. The minimum atomic E-state index is -0.597. The summed E-state index contributed by atoms with van der Waals surface area (Å²) in [5, 5.41) is 11.6. The highest BCUT2D eigenvalue weighted by Gasteiger charge is 2.51. The molecule has 1 aliphatic carbocycles. The van der Waals surface area contributed by atoms with Gasteiger partial charge >= 0.3 is 0 Å². The van der Waals surface area contributed by atoms with Crippen molar-refractivity contribution in [1.29, 1.82) is 0 Å². The molecule has 2 N–H and O–H groups in total. The van der Waals surface area contributed by atoms with Crippen LogP contribution in [0.15, 0.2) is 24.3 Å². The van der Waals surface area contributed by atoms with E-state index in [9.17, 15) is 9.59 Å². The van der Waals surface area contributed by atoms with E-state index in [0.29, 0.717) is 6.29 Å². The molecule has 102 valence electrons. The molecule has 19 heavy (non-hydrogen) atoms. The standard InChI is InChI=1S/C15H19NO3/c1-11-2-4-12(5-3-11)15(7-8-15)14(19)16-13(10-18)6-9-17/h2-5,10,13,17H,6-9H2,1H3,(H,16,19). The molecule has 1 unspecified atom stereocenters. The van der Waals surface area contributed by atoms with Crippen LogP contribution in [0.2, 0.25) is 0 Å². The molecule has 1 aromatic carbocycles. The lowest BCUT2D eigenvalue weighted by Crippen LogP contribution is -2.42. The zero-order chi connectivity index (χ0) is 13.9. The third kappa shape index (κ3) is 2.84. The lowest BCUT2D eigenvalue weighted by Gasteiger charge is -2.19. The first-order valence-corrected chi connectivity index (χ1v) is 6.56. The van der Waals surface area contributed by atoms with E-state index in [1.54, 1.807) is 0 Å². The van der Waals surface area contributed by atoms with Crippen molar-refractivity contribution in [2.75, 3.05) is 6.61 Å². The molecule has 4 nitrogen and oxygen atoms in total. The number of aliphatic hydroxyl groups excluding tert-OH is 1. The Hall–Kier alpha value is -1.68. The number of aliphatic hydroxyl groups is 1. The van der Waals surface area contributed by atoms with Crippen molar-refractivity contribution in [3.05, 3.63) is 35.4 Å². The van der Waals surface area contributed by atoms with Crippen molar-refractivity contribution in [1.82, 2.24) is 5.32 Å². The van der Waals surface area contributed by atoms with Gasteiger partial charge in [-0.3, -0.25) is 4.79 Å². The number of amides is 1. The quantitative estimate of drug-likeness (QED) is 0.753. The molecular formula is C15H19NO3. The lowest BCUT2D eigenvalue weighted by atomic mass is 9.94. The molecule has 1 atom stereocenters. The molecule has 1 fully saturated rings. The third-order valence-corrected chi connectivity index (χ3v) is 3.71. The minimum absolute atomic E-state index is 0.109. The fraction of sp³-hybridized carbons (Fsp3) is 0.467. The number of carbonyl (C=O) groups is 2. The molecule has 0 heterocycles. The van der Waals surface area contributed by atoms with Crippen molar-refractivity contribution in [2.45, 2.75) is 37.6 Å². The first kappa shape index (κ1) is 13.7. The second-order valence-electron chi connectivity index (χ2n) is 5.18. The molecule has 1 aliphatic rings. The van der Waals surface area contributed by atoms with Gasteiger partial charge in [-0.05, 0) is 31.7 Å². The summed E-state index contributed by atoms with van der Waals surface area (Å²) in [6.45, 7) is 1.90. The maximum atomic E-state index is 12.3. The highest BCUT2D eigenvalue weighted by atomic mass is 16.3. The molecule has 0 bridgehead atoms. The normalized spacial score (nSPS) is 17.6. The summed E-state index contributed by atoms with van der Waals surface area (Å²) >= 11 is 0. The van der Waals surface area contributed by atoms with Gasteiger partial charge in [0.2, 0.25) is 5.91 Å². The zero-order valence-electron chi connectivity index (χ0n) is 11.1. The van der Waals surface area contributed by atoms with Gasteiger partial charge < -0.3 is 15.2 Å². The van der Waals surface area contributed by atoms with Crippen LogP contribution in [0.25, 0.3) is 0 Å². The Bertz CT molecular complexity index is 463. The highest BCUT2D eigenvalue weighted by Crippen LogP contribution is 2.48. The van der Waals surface area contributed by atoms with Crippen LogP contribution in [-0.4, -0.2) is 29.9 Å². The molecule has 1 amide bonds. The zero-order valence-corrected chi connectivity index (χ0v) is 11.1. The van der Waals surface area contributed by atoms with E-state index in [1.165, 1.54) is 0 Å². The summed E-state index contributed by atoms with van der Waals surface area (Å²) in [5.74, 6) is -0.109. The molecule has 1 saturated carbocycles. The predicted octanol–water partition coefficient (Wildman–Crippen LogP) is 1.09. The van der Waals surface area contributed by atoms with Crippen molar-refractivity contribution < 1.29 is 14.7 Å². The summed E-state index contributed by atoms with van der Waals surface area (Å²) in [7, 11) is 0. The largest absolute Gasteiger partial charge is 0.396 e. The number of hydrogen-bond donors (Lipinski definition) is 2. The molecule has 4 heteroatoms. The van der Waals surface area contributed by atoms with Crippen LogP contribution >= 0.6 is 0 Å². The van der Waals surface area contributed by atoms with E-state index in [4.69, 9.17) is 5.11 Å². The number of aryl methyl sites for hydroxylation is 1. The van der Waals surface area contributed by atoms with Gasteiger partial charge in [-0.1, -0.05) is 29.8 Å². The van der Waals surface area contributed by atoms with E-state index in [2.05, 4.69) is 5.32 Å². The van der Waals surface area contributed by atoms with Crippen molar-refractivity contribution >= 4 is 12.2 Å². The number of nitrogens with one attached hydrogen (secondary N) is 1. The summed E-state index contributed by atoms with van der Waals surface area (Å²) in [5.41, 5.74) is 1.69. The molecule has 2 rings (SSSR count). The fourth-order valence-electron chi connectivity index (χ4n) is 2.26. The van der Waals surface area contributed by atoms with Crippen LogP contribution in [0.3, 0.4) is 0 Å². The van der Waals surface area contributed by atoms with E-state index in [1.807, 2.05) is 31.2 Å². The van der Waals surface area contributed by atoms with Gasteiger partial charge in [0.15, 0.2) is 0 Å². The van der Waals surface area contributed by atoms with Crippen LogP contribution < -0.4 is 5.32 Å². The van der Waals surface area contributed by atoms with E-state index < -0.39 is 11.5 Å². The molecule has 0 aromatic heterocycles. The number of aldehydes is 1. The van der Waals surface area contributed by atoms with Crippen molar-refractivity contribution in [3.8, 4) is 0 Å². The summed E-state index contributed by atoms with van der Waals surface area (Å²) in [4.78, 5) is 23.1. The molecule has 0 saturated heterocycles. The molecule has 1 aromatic rings. The Morgan fingerprint density at radius 2 is 2.05 bits per heavy atom. The second-order valence-corrected chi connectivity index (χ2v) is 5.18. The van der Waals surface area contributed by atoms with Gasteiger partial charge in [0.25, 0.3) is 0 Å². The van der Waals surface area contributed by atoms with Crippen LogP contribution in [0.4, 0.5) is 0 Å². The monoisotopic (exact) mass is 261 g/mol. The first-order chi connectivity index (χ1) is 9.12. The molecular weight excluding hydrogens is 242 g/mol. The van der Waals surface area contributed by atoms with Gasteiger partial charge in [0, 0.05) is 6.61 Å². The SMILES string of the molecule is Cc1ccc(C2(C(=O)NC(C=O)CCO)CC2)cc1. The molecule has 0 aliphatic heterocycles. The average Bonchev–Trinajstić information content (AvgIpc) is 3.20. The van der Waals surface area contributed by atoms with Crippen molar-refractivity contribution in [3.63, 3.8) is 0 Å². The lowest BCUT2D eigenvalue weighted by molar-refractivity contribution is -0.126. The fourth-order valence-corrected chi connectivity index (χ4v) is 2.26. The Morgan fingerprint density at radius 1 is 1.42 bits per heavy atom.